The number of nitrogens with zero attached hydrogens (tertiary/aromatic N) is 3. The molecule has 0 spiro atoms. The highest BCUT2D eigenvalue weighted by molar-refractivity contribution is 7.99. The van der Waals surface area contributed by atoms with E-state index in [0.717, 1.165) is 0 Å². The molecule has 6 nitrogen and oxygen atoms in total. The average Bonchev–Trinajstić information content (AvgIpc) is 2.84. The van der Waals surface area contributed by atoms with Gasteiger partial charge in [-0.15, -0.1) is 10.2 Å². The molecule has 0 fully saturated rings. The van der Waals surface area contributed by atoms with Gasteiger partial charge in [0.15, 0.2) is 0 Å². The number of thioether (sulfide) groups is 1. The number of H-pyrrole nitrogens is 1. The largest absolute Gasteiger partial charge is 0.416 e. The lowest BCUT2D eigenvalue weighted by molar-refractivity contribution is 0.428. The van der Waals surface area contributed by atoms with Crippen LogP contribution in [0.3, 0.4) is 0 Å². The van der Waals surface area contributed by atoms with Crippen molar-refractivity contribution < 1.29 is 4.42 Å². The fraction of sp³-hybridized carbons (Fsp3) is 0.231. The average molecular weight is 288 g/mol. The summed E-state index contributed by atoms with van der Waals surface area (Å²) in [5.41, 5.74) is 0.542. The van der Waals surface area contributed by atoms with E-state index in [9.17, 15) is 4.79 Å². The van der Waals surface area contributed by atoms with Crippen LogP contribution in [0.15, 0.2) is 38.7 Å². The van der Waals surface area contributed by atoms with Crippen LogP contribution in [0.4, 0.5) is 0 Å². The molecule has 2 aromatic heterocycles. The van der Waals surface area contributed by atoms with E-state index >= 15 is 0 Å². The van der Waals surface area contributed by atoms with Crippen LogP contribution in [0, 0.1) is 6.92 Å². The summed E-state index contributed by atoms with van der Waals surface area (Å²) in [4.78, 5) is 19.3. The Labute approximate surface area is 118 Å². The molecule has 3 aromatic rings. The van der Waals surface area contributed by atoms with Gasteiger partial charge < -0.3 is 9.40 Å². The molecule has 0 saturated heterocycles. The Morgan fingerprint density at radius 3 is 2.85 bits per heavy atom. The van der Waals surface area contributed by atoms with Gasteiger partial charge in [0.25, 0.3) is 10.8 Å². The normalized spacial score (nSPS) is 12.7. The van der Waals surface area contributed by atoms with E-state index in [1.807, 2.05) is 25.1 Å². The number of para-hydroxylation sites is 1. The molecular formula is C13H12N4O2S. The monoisotopic (exact) mass is 288 g/mol. The van der Waals surface area contributed by atoms with Gasteiger partial charge in [-0.25, -0.2) is 4.98 Å². The maximum Gasteiger partial charge on any atom is 0.277 e. The lowest BCUT2D eigenvalue weighted by Crippen LogP contribution is -2.12. The minimum absolute atomic E-state index is 0.0906. The zero-order valence-electron chi connectivity index (χ0n) is 11.0. The molecule has 0 aliphatic rings. The Bertz CT molecular complexity index is 811. The van der Waals surface area contributed by atoms with E-state index in [4.69, 9.17) is 4.42 Å². The van der Waals surface area contributed by atoms with Crippen molar-refractivity contribution >= 4 is 22.7 Å². The zero-order chi connectivity index (χ0) is 14.1. The zero-order valence-corrected chi connectivity index (χ0v) is 11.8. The van der Waals surface area contributed by atoms with Crippen molar-refractivity contribution in [1.82, 2.24) is 20.2 Å². The standard InChI is InChI=1S/C13H12N4O2S/c1-7(20-13-17-16-8(2)19-13)11-14-10-6-4-3-5-9(10)12(18)15-11/h3-7H,1-2H3,(H,14,15,18)/t7-/m0/s1. The first-order valence-corrected chi connectivity index (χ1v) is 6.97. The van der Waals surface area contributed by atoms with Gasteiger partial charge >= 0.3 is 0 Å². The molecule has 0 unspecified atom stereocenters. The molecule has 1 aromatic carbocycles. The highest BCUT2D eigenvalue weighted by Crippen LogP contribution is 2.31. The first-order chi connectivity index (χ1) is 9.63. The first kappa shape index (κ1) is 12.9. The third-order valence-corrected chi connectivity index (χ3v) is 3.74. The van der Waals surface area contributed by atoms with E-state index in [0.29, 0.717) is 27.8 Å². The molecule has 20 heavy (non-hydrogen) atoms. The molecular weight excluding hydrogens is 276 g/mol. The molecule has 2 heterocycles. The van der Waals surface area contributed by atoms with Crippen LogP contribution in [0.25, 0.3) is 10.9 Å². The fourth-order valence-corrected chi connectivity index (χ4v) is 2.61. The van der Waals surface area contributed by atoms with Crippen LogP contribution in [-0.2, 0) is 0 Å². The number of nitrogens with one attached hydrogen (secondary N) is 1. The van der Waals surface area contributed by atoms with Crippen molar-refractivity contribution in [1.29, 1.82) is 0 Å². The number of benzene rings is 1. The minimum Gasteiger partial charge on any atom is -0.416 e. The number of hydrogen-bond donors (Lipinski definition) is 1. The lowest BCUT2D eigenvalue weighted by Gasteiger charge is -2.08. The summed E-state index contributed by atoms with van der Waals surface area (Å²) in [6.45, 7) is 3.66. The molecule has 0 radical (unpaired) electrons. The van der Waals surface area contributed by atoms with Crippen molar-refractivity contribution in [3.8, 4) is 0 Å². The summed E-state index contributed by atoms with van der Waals surface area (Å²) in [5.74, 6) is 1.11. The second-order valence-electron chi connectivity index (χ2n) is 4.32. The second kappa shape index (κ2) is 5.09. The van der Waals surface area contributed by atoms with Gasteiger partial charge in [0.2, 0.25) is 5.89 Å². The Balaban J connectivity index is 1.95. The molecule has 3 rings (SSSR count). The van der Waals surface area contributed by atoms with Crippen LogP contribution in [0.5, 0.6) is 0 Å². The van der Waals surface area contributed by atoms with Crippen molar-refractivity contribution in [2.24, 2.45) is 0 Å². The number of rotatable bonds is 3. The highest BCUT2D eigenvalue weighted by Gasteiger charge is 2.15. The molecule has 0 aliphatic carbocycles. The summed E-state index contributed by atoms with van der Waals surface area (Å²) >= 11 is 1.36. The lowest BCUT2D eigenvalue weighted by atomic mass is 10.2. The van der Waals surface area contributed by atoms with Gasteiger partial charge in [0.05, 0.1) is 16.2 Å². The van der Waals surface area contributed by atoms with Crippen LogP contribution in [0.2, 0.25) is 0 Å². The molecule has 0 saturated carbocycles. The summed E-state index contributed by atoms with van der Waals surface area (Å²) in [6.07, 6.45) is 0. The maximum absolute atomic E-state index is 12.0. The van der Waals surface area contributed by atoms with E-state index < -0.39 is 0 Å². The number of aromatic nitrogens is 4. The van der Waals surface area contributed by atoms with Crippen molar-refractivity contribution in [2.75, 3.05) is 0 Å². The summed E-state index contributed by atoms with van der Waals surface area (Å²) in [7, 11) is 0. The predicted octanol–water partition coefficient (Wildman–Crippen LogP) is 2.47. The Morgan fingerprint density at radius 2 is 2.10 bits per heavy atom. The number of aromatic amines is 1. The fourth-order valence-electron chi connectivity index (χ4n) is 1.83. The van der Waals surface area contributed by atoms with Crippen LogP contribution in [-0.4, -0.2) is 20.2 Å². The van der Waals surface area contributed by atoms with Gasteiger partial charge in [-0.05, 0) is 19.1 Å². The first-order valence-electron chi connectivity index (χ1n) is 6.09. The van der Waals surface area contributed by atoms with Gasteiger partial charge in [0, 0.05) is 6.92 Å². The molecule has 0 bridgehead atoms. The van der Waals surface area contributed by atoms with Crippen molar-refractivity contribution in [2.45, 2.75) is 24.3 Å². The van der Waals surface area contributed by atoms with Crippen molar-refractivity contribution in [3.05, 3.63) is 46.3 Å². The van der Waals surface area contributed by atoms with Crippen molar-refractivity contribution in [3.63, 3.8) is 0 Å². The Morgan fingerprint density at radius 1 is 1.30 bits per heavy atom. The molecule has 7 heteroatoms. The Kier molecular flexibility index (Phi) is 3.27. The smallest absolute Gasteiger partial charge is 0.277 e. The summed E-state index contributed by atoms with van der Waals surface area (Å²) in [5, 5.41) is 8.65. The Hall–Kier alpha value is -2.15. The van der Waals surface area contributed by atoms with Gasteiger partial charge in [-0.3, -0.25) is 4.79 Å². The second-order valence-corrected chi connectivity index (χ2v) is 5.61. The van der Waals surface area contributed by atoms with Gasteiger partial charge in [-0.1, -0.05) is 23.9 Å². The molecule has 0 amide bonds. The molecule has 1 N–H and O–H groups in total. The van der Waals surface area contributed by atoms with E-state index in [1.165, 1.54) is 11.8 Å². The van der Waals surface area contributed by atoms with Gasteiger partial charge in [-0.2, -0.15) is 0 Å². The van der Waals surface area contributed by atoms with E-state index in [2.05, 4.69) is 20.2 Å². The highest BCUT2D eigenvalue weighted by atomic mass is 32.2. The molecule has 0 aliphatic heterocycles. The minimum atomic E-state index is -0.139. The predicted molar refractivity (Wildman–Crippen MR) is 75.7 cm³/mol. The number of aryl methyl sites for hydroxylation is 1. The maximum atomic E-state index is 12.0. The van der Waals surface area contributed by atoms with Gasteiger partial charge in [0.1, 0.15) is 5.82 Å². The molecule has 102 valence electrons. The third-order valence-electron chi connectivity index (χ3n) is 2.80. The number of fused-ring (bicyclic) bond motifs is 1. The van der Waals surface area contributed by atoms with E-state index in [1.54, 1.807) is 13.0 Å². The van der Waals surface area contributed by atoms with Crippen LogP contribution >= 0.6 is 11.8 Å². The molecule has 1 atom stereocenters. The summed E-state index contributed by atoms with van der Waals surface area (Å²) in [6, 6.07) is 7.25. The SMILES string of the molecule is Cc1nnc(S[C@@H](C)c2nc3ccccc3c(=O)[nH]2)o1. The van der Waals surface area contributed by atoms with E-state index in [-0.39, 0.29) is 10.8 Å². The van der Waals surface area contributed by atoms with Crippen LogP contribution < -0.4 is 5.56 Å². The topological polar surface area (TPSA) is 84.7 Å². The van der Waals surface area contributed by atoms with Crippen LogP contribution in [0.1, 0.15) is 23.9 Å². The quantitative estimate of drug-likeness (QED) is 0.745. The summed E-state index contributed by atoms with van der Waals surface area (Å²) < 4.78 is 5.31. The number of hydrogen-bond acceptors (Lipinski definition) is 6. The third kappa shape index (κ3) is 2.44.